The van der Waals surface area contributed by atoms with Gasteiger partial charge in [-0.3, -0.25) is 10.1 Å². The predicted octanol–water partition coefficient (Wildman–Crippen LogP) is -0.462. The zero-order valence-corrected chi connectivity index (χ0v) is 8.41. The van der Waals surface area contributed by atoms with E-state index in [4.69, 9.17) is 5.73 Å². The molecule has 0 aromatic carbocycles. The summed E-state index contributed by atoms with van der Waals surface area (Å²) in [5.41, 5.74) is 5.15. The van der Waals surface area contributed by atoms with Crippen molar-refractivity contribution < 1.29 is 10.0 Å². The first-order valence-electron chi connectivity index (χ1n) is 4.77. The number of β-amino-alcohol motifs (C(OH)–C–C–N with tert-alkyl or cyclic N) is 1. The van der Waals surface area contributed by atoms with Gasteiger partial charge in [-0.1, -0.05) is 0 Å². The summed E-state index contributed by atoms with van der Waals surface area (Å²) in [5.74, 6) is 0.0189. The molecule has 1 saturated heterocycles. The molecule has 1 aromatic heterocycles. The highest BCUT2D eigenvalue weighted by atomic mass is 16.6. The molecule has 0 aliphatic carbocycles. The molecule has 1 aliphatic rings. The van der Waals surface area contributed by atoms with E-state index in [0.717, 1.165) is 0 Å². The smallest absolute Gasteiger partial charge is 0.353 e. The van der Waals surface area contributed by atoms with Crippen LogP contribution in [0.25, 0.3) is 0 Å². The topological polar surface area (TPSA) is 118 Å². The van der Waals surface area contributed by atoms with Crippen LogP contribution >= 0.6 is 0 Å². The molecule has 2 heterocycles. The van der Waals surface area contributed by atoms with Gasteiger partial charge in [0.1, 0.15) is 6.33 Å². The van der Waals surface area contributed by atoms with Crippen molar-refractivity contribution in [2.24, 2.45) is 0 Å². The molecule has 1 aromatic rings. The van der Waals surface area contributed by atoms with Crippen molar-refractivity contribution in [3.63, 3.8) is 0 Å². The lowest BCUT2D eigenvalue weighted by atomic mass is 10.3. The lowest BCUT2D eigenvalue weighted by molar-refractivity contribution is -0.383. The molecular weight excluding hydrogens is 214 g/mol. The third-order valence-electron chi connectivity index (χ3n) is 2.48. The van der Waals surface area contributed by atoms with E-state index in [0.29, 0.717) is 19.5 Å². The Labute approximate surface area is 90.9 Å². The van der Waals surface area contributed by atoms with E-state index in [1.54, 1.807) is 4.90 Å². The highest BCUT2D eigenvalue weighted by Gasteiger charge is 2.30. The molecule has 86 valence electrons. The third kappa shape index (κ3) is 1.74. The maximum atomic E-state index is 10.8. The number of nitrogens with two attached hydrogens (primary N) is 1. The van der Waals surface area contributed by atoms with Crippen molar-refractivity contribution in [3.05, 3.63) is 16.4 Å². The molecule has 3 N–H and O–H groups in total. The summed E-state index contributed by atoms with van der Waals surface area (Å²) in [7, 11) is 0. The number of nitrogen functional groups attached to an aromatic ring is 1. The van der Waals surface area contributed by atoms with Crippen LogP contribution in [0.15, 0.2) is 6.33 Å². The van der Waals surface area contributed by atoms with Gasteiger partial charge in [-0.25, -0.2) is 9.97 Å². The second kappa shape index (κ2) is 3.89. The van der Waals surface area contributed by atoms with Gasteiger partial charge in [0.15, 0.2) is 0 Å². The number of anilines is 2. The molecule has 16 heavy (non-hydrogen) atoms. The molecule has 0 amide bonds. The monoisotopic (exact) mass is 225 g/mol. The Morgan fingerprint density at radius 3 is 2.94 bits per heavy atom. The van der Waals surface area contributed by atoms with Gasteiger partial charge in [-0.05, 0) is 6.42 Å². The van der Waals surface area contributed by atoms with Gasteiger partial charge < -0.3 is 15.7 Å². The SMILES string of the molecule is Nc1ncnc(N2CCC(O)C2)c1[N+](=O)[O-]. The summed E-state index contributed by atoms with van der Waals surface area (Å²) < 4.78 is 0. The molecule has 0 saturated carbocycles. The number of rotatable bonds is 2. The van der Waals surface area contributed by atoms with Crippen molar-refractivity contribution in [3.8, 4) is 0 Å². The number of aliphatic hydroxyl groups is 1. The first kappa shape index (κ1) is 10.6. The van der Waals surface area contributed by atoms with Crippen molar-refractivity contribution in [1.82, 2.24) is 9.97 Å². The second-order valence-electron chi connectivity index (χ2n) is 3.58. The highest BCUT2D eigenvalue weighted by Crippen LogP contribution is 2.31. The molecule has 1 unspecified atom stereocenters. The lowest BCUT2D eigenvalue weighted by Gasteiger charge is -2.16. The van der Waals surface area contributed by atoms with E-state index < -0.39 is 11.0 Å². The summed E-state index contributed by atoms with van der Waals surface area (Å²) in [5, 5.41) is 20.2. The van der Waals surface area contributed by atoms with Crippen molar-refractivity contribution in [2.45, 2.75) is 12.5 Å². The van der Waals surface area contributed by atoms with Crippen LogP contribution in [0.4, 0.5) is 17.3 Å². The first-order valence-corrected chi connectivity index (χ1v) is 4.77. The van der Waals surface area contributed by atoms with Crippen LogP contribution in [0.2, 0.25) is 0 Å². The van der Waals surface area contributed by atoms with E-state index in [1.807, 2.05) is 0 Å². The summed E-state index contributed by atoms with van der Waals surface area (Å²) in [4.78, 5) is 19.3. The maximum Gasteiger partial charge on any atom is 0.353 e. The quantitative estimate of drug-likeness (QED) is 0.516. The molecular formula is C8H11N5O3. The van der Waals surface area contributed by atoms with Crippen LogP contribution in [-0.2, 0) is 0 Å². The minimum absolute atomic E-state index is 0.156. The van der Waals surface area contributed by atoms with Crippen LogP contribution in [0, 0.1) is 10.1 Å². The molecule has 0 spiro atoms. The second-order valence-corrected chi connectivity index (χ2v) is 3.58. The Balaban J connectivity index is 2.40. The van der Waals surface area contributed by atoms with Gasteiger partial charge >= 0.3 is 5.69 Å². The number of nitro groups is 1. The van der Waals surface area contributed by atoms with E-state index >= 15 is 0 Å². The van der Waals surface area contributed by atoms with Gasteiger partial charge in [0, 0.05) is 13.1 Å². The summed E-state index contributed by atoms with van der Waals surface area (Å²) in [6.45, 7) is 0.857. The molecule has 1 aliphatic heterocycles. The number of hydrogen-bond donors (Lipinski definition) is 2. The highest BCUT2D eigenvalue weighted by molar-refractivity contribution is 5.68. The summed E-state index contributed by atoms with van der Waals surface area (Å²) >= 11 is 0. The van der Waals surface area contributed by atoms with E-state index in [1.165, 1.54) is 6.33 Å². The van der Waals surface area contributed by atoms with Crippen molar-refractivity contribution in [1.29, 1.82) is 0 Å². The van der Waals surface area contributed by atoms with Crippen LogP contribution in [-0.4, -0.2) is 39.2 Å². The van der Waals surface area contributed by atoms with Gasteiger partial charge in [0.2, 0.25) is 11.6 Å². The van der Waals surface area contributed by atoms with Gasteiger partial charge in [-0.15, -0.1) is 0 Å². The molecule has 0 bridgehead atoms. The average molecular weight is 225 g/mol. The van der Waals surface area contributed by atoms with Gasteiger partial charge in [0.25, 0.3) is 0 Å². The Morgan fingerprint density at radius 2 is 2.38 bits per heavy atom. The molecule has 1 fully saturated rings. The molecule has 1 atom stereocenters. The Bertz CT molecular complexity index is 424. The van der Waals surface area contributed by atoms with Crippen LogP contribution < -0.4 is 10.6 Å². The van der Waals surface area contributed by atoms with E-state index in [9.17, 15) is 15.2 Å². The fourth-order valence-corrected chi connectivity index (χ4v) is 1.72. The largest absolute Gasteiger partial charge is 0.391 e. The van der Waals surface area contributed by atoms with Crippen molar-refractivity contribution >= 4 is 17.3 Å². The fraction of sp³-hybridized carbons (Fsp3) is 0.500. The standard InChI is InChI=1S/C8H11N5O3/c9-7-6(13(15)16)8(11-4-10-7)12-2-1-5(14)3-12/h4-5,14H,1-3H2,(H2,9,10,11). The first-order chi connectivity index (χ1) is 7.59. The number of aliphatic hydroxyl groups excluding tert-OH is 1. The number of hydrogen-bond acceptors (Lipinski definition) is 7. The van der Waals surface area contributed by atoms with Gasteiger partial charge in [0.05, 0.1) is 11.0 Å². The fourth-order valence-electron chi connectivity index (χ4n) is 1.72. The Kier molecular flexibility index (Phi) is 2.57. The van der Waals surface area contributed by atoms with Crippen LogP contribution in [0.1, 0.15) is 6.42 Å². The minimum Gasteiger partial charge on any atom is -0.391 e. The van der Waals surface area contributed by atoms with Crippen LogP contribution in [0.5, 0.6) is 0 Å². The Hall–Kier alpha value is -1.96. The lowest BCUT2D eigenvalue weighted by Crippen LogP contribution is -2.23. The molecule has 8 nitrogen and oxygen atoms in total. The zero-order valence-electron chi connectivity index (χ0n) is 8.41. The number of aromatic nitrogens is 2. The summed E-state index contributed by atoms with van der Waals surface area (Å²) in [6.07, 6.45) is 1.28. The van der Waals surface area contributed by atoms with Crippen molar-refractivity contribution in [2.75, 3.05) is 23.7 Å². The van der Waals surface area contributed by atoms with Gasteiger partial charge in [-0.2, -0.15) is 0 Å². The Morgan fingerprint density at radius 1 is 1.62 bits per heavy atom. The van der Waals surface area contributed by atoms with E-state index in [2.05, 4.69) is 9.97 Å². The normalized spacial score (nSPS) is 20.1. The molecule has 8 heteroatoms. The maximum absolute atomic E-state index is 10.8. The minimum atomic E-state index is -0.602. The number of nitrogens with zero attached hydrogens (tertiary/aromatic N) is 4. The average Bonchev–Trinajstić information content (AvgIpc) is 2.63. The zero-order chi connectivity index (χ0) is 11.7. The predicted molar refractivity (Wildman–Crippen MR) is 55.9 cm³/mol. The van der Waals surface area contributed by atoms with Crippen LogP contribution in [0.3, 0.4) is 0 Å². The molecule has 0 radical (unpaired) electrons. The van der Waals surface area contributed by atoms with E-state index in [-0.39, 0.29) is 17.3 Å². The summed E-state index contributed by atoms with van der Waals surface area (Å²) in [6, 6.07) is 0. The third-order valence-corrected chi connectivity index (χ3v) is 2.48. The molecule has 2 rings (SSSR count).